The van der Waals surface area contributed by atoms with Crippen molar-refractivity contribution in [2.75, 3.05) is 11.4 Å². The van der Waals surface area contributed by atoms with Gasteiger partial charge in [-0.05, 0) is 31.4 Å². The summed E-state index contributed by atoms with van der Waals surface area (Å²) >= 11 is 0. The van der Waals surface area contributed by atoms with Crippen LogP contribution in [0.1, 0.15) is 38.2 Å². The topological polar surface area (TPSA) is 23.5 Å². The highest BCUT2D eigenvalue weighted by molar-refractivity contribution is 5.71. The highest BCUT2D eigenvalue weighted by Crippen LogP contribution is 2.37. The summed E-state index contributed by atoms with van der Waals surface area (Å²) in [5, 5.41) is 10.6. The SMILES string of the molecule is CC1(O)CCCCC1N1CC=Cc2ccccc21. The van der Waals surface area contributed by atoms with Crippen LogP contribution in [0, 0.1) is 0 Å². The van der Waals surface area contributed by atoms with E-state index in [2.05, 4.69) is 41.3 Å². The number of anilines is 1. The Bertz CT molecular complexity index is 464. The first-order chi connectivity index (χ1) is 8.68. The van der Waals surface area contributed by atoms with Crippen molar-refractivity contribution in [2.45, 2.75) is 44.2 Å². The molecule has 2 atom stereocenters. The first-order valence-electron chi connectivity index (χ1n) is 6.93. The van der Waals surface area contributed by atoms with Gasteiger partial charge in [0.15, 0.2) is 0 Å². The zero-order valence-corrected chi connectivity index (χ0v) is 11.0. The largest absolute Gasteiger partial charge is 0.388 e. The molecule has 2 heteroatoms. The van der Waals surface area contributed by atoms with E-state index in [9.17, 15) is 5.11 Å². The molecule has 0 aromatic heterocycles. The normalized spacial score (nSPS) is 31.2. The standard InChI is InChI=1S/C16H21NO/c1-16(18)11-5-4-10-15(16)17-12-6-8-13-7-2-3-9-14(13)17/h2-3,6-9,15,18H,4-5,10-12H2,1H3. The molecule has 2 aliphatic rings. The number of para-hydroxylation sites is 1. The third-order valence-electron chi connectivity index (χ3n) is 4.35. The predicted octanol–water partition coefficient (Wildman–Crippen LogP) is 3.21. The molecule has 1 aliphatic carbocycles. The van der Waals surface area contributed by atoms with E-state index in [1.165, 1.54) is 17.7 Å². The average molecular weight is 243 g/mol. The van der Waals surface area contributed by atoms with Crippen molar-refractivity contribution in [3.05, 3.63) is 35.9 Å². The first-order valence-corrected chi connectivity index (χ1v) is 6.93. The third kappa shape index (κ3) is 1.95. The minimum atomic E-state index is -0.559. The molecule has 0 amide bonds. The molecular formula is C16H21NO. The molecule has 1 fully saturated rings. The fourth-order valence-corrected chi connectivity index (χ4v) is 3.37. The van der Waals surface area contributed by atoms with Gasteiger partial charge in [-0.2, -0.15) is 0 Å². The molecule has 2 unspecified atom stereocenters. The lowest BCUT2D eigenvalue weighted by Crippen LogP contribution is -2.53. The van der Waals surface area contributed by atoms with Gasteiger partial charge in [-0.1, -0.05) is 43.2 Å². The van der Waals surface area contributed by atoms with Crippen LogP contribution in [0.4, 0.5) is 5.69 Å². The summed E-state index contributed by atoms with van der Waals surface area (Å²) < 4.78 is 0. The van der Waals surface area contributed by atoms with Crippen molar-refractivity contribution >= 4 is 11.8 Å². The summed E-state index contributed by atoms with van der Waals surface area (Å²) in [4.78, 5) is 2.38. The lowest BCUT2D eigenvalue weighted by Gasteiger charge is -2.46. The van der Waals surface area contributed by atoms with Crippen molar-refractivity contribution in [1.29, 1.82) is 0 Å². The van der Waals surface area contributed by atoms with Gasteiger partial charge in [-0.3, -0.25) is 0 Å². The van der Waals surface area contributed by atoms with Gasteiger partial charge in [-0.25, -0.2) is 0 Å². The van der Waals surface area contributed by atoms with Gasteiger partial charge in [0, 0.05) is 12.2 Å². The lowest BCUT2D eigenvalue weighted by molar-refractivity contribution is 0.00113. The van der Waals surface area contributed by atoms with Crippen molar-refractivity contribution in [3.63, 3.8) is 0 Å². The Kier molecular flexibility index (Phi) is 2.90. The van der Waals surface area contributed by atoms with Gasteiger partial charge in [0.25, 0.3) is 0 Å². The number of hydrogen-bond donors (Lipinski definition) is 1. The molecule has 18 heavy (non-hydrogen) atoms. The minimum Gasteiger partial charge on any atom is -0.388 e. The second-order valence-corrected chi connectivity index (χ2v) is 5.73. The second-order valence-electron chi connectivity index (χ2n) is 5.73. The van der Waals surface area contributed by atoms with E-state index in [1.807, 2.05) is 6.92 Å². The van der Waals surface area contributed by atoms with E-state index in [1.54, 1.807) is 0 Å². The Morgan fingerprint density at radius 3 is 2.94 bits per heavy atom. The van der Waals surface area contributed by atoms with E-state index in [-0.39, 0.29) is 6.04 Å². The molecule has 1 aromatic carbocycles. The zero-order chi connectivity index (χ0) is 12.6. The maximum absolute atomic E-state index is 10.6. The second kappa shape index (κ2) is 4.43. The Morgan fingerprint density at radius 2 is 2.11 bits per heavy atom. The summed E-state index contributed by atoms with van der Waals surface area (Å²) in [6.07, 6.45) is 8.77. The minimum absolute atomic E-state index is 0.248. The van der Waals surface area contributed by atoms with Crippen LogP contribution in [-0.2, 0) is 0 Å². The first kappa shape index (κ1) is 11.8. The van der Waals surface area contributed by atoms with Crippen molar-refractivity contribution in [2.24, 2.45) is 0 Å². The summed E-state index contributed by atoms with van der Waals surface area (Å²) in [6, 6.07) is 8.73. The van der Waals surface area contributed by atoms with Crippen LogP contribution in [0.5, 0.6) is 0 Å². The Labute approximate surface area is 109 Å². The fourth-order valence-electron chi connectivity index (χ4n) is 3.37. The van der Waals surface area contributed by atoms with Gasteiger partial charge in [0.1, 0.15) is 0 Å². The number of aliphatic hydroxyl groups is 1. The Hall–Kier alpha value is -1.28. The van der Waals surface area contributed by atoms with Crippen LogP contribution in [0.3, 0.4) is 0 Å². The lowest BCUT2D eigenvalue weighted by atomic mass is 9.80. The molecule has 96 valence electrons. The third-order valence-corrected chi connectivity index (χ3v) is 4.35. The molecule has 0 bridgehead atoms. The van der Waals surface area contributed by atoms with Crippen LogP contribution in [0.25, 0.3) is 6.08 Å². The van der Waals surface area contributed by atoms with E-state index < -0.39 is 5.60 Å². The average Bonchev–Trinajstić information content (AvgIpc) is 2.38. The highest BCUT2D eigenvalue weighted by Gasteiger charge is 2.38. The van der Waals surface area contributed by atoms with Crippen LogP contribution in [-0.4, -0.2) is 23.3 Å². The molecule has 0 radical (unpaired) electrons. The Balaban J connectivity index is 1.95. The van der Waals surface area contributed by atoms with Gasteiger partial charge in [0.05, 0.1) is 11.6 Å². The maximum Gasteiger partial charge on any atom is 0.0822 e. The molecular weight excluding hydrogens is 222 g/mol. The van der Waals surface area contributed by atoms with Crippen LogP contribution in [0.15, 0.2) is 30.3 Å². The quantitative estimate of drug-likeness (QED) is 0.818. The van der Waals surface area contributed by atoms with Crippen molar-refractivity contribution < 1.29 is 5.11 Å². The number of rotatable bonds is 1. The van der Waals surface area contributed by atoms with Gasteiger partial charge >= 0.3 is 0 Å². The maximum atomic E-state index is 10.6. The van der Waals surface area contributed by atoms with E-state index in [4.69, 9.17) is 0 Å². The number of hydrogen-bond acceptors (Lipinski definition) is 2. The molecule has 1 aromatic rings. The van der Waals surface area contributed by atoms with Crippen molar-refractivity contribution in [1.82, 2.24) is 0 Å². The zero-order valence-electron chi connectivity index (χ0n) is 11.0. The van der Waals surface area contributed by atoms with Crippen LogP contribution >= 0.6 is 0 Å². The van der Waals surface area contributed by atoms with E-state index in [0.29, 0.717) is 0 Å². The van der Waals surface area contributed by atoms with Gasteiger partial charge < -0.3 is 10.0 Å². The fraction of sp³-hybridized carbons (Fsp3) is 0.500. The van der Waals surface area contributed by atoms with E-state index in [0.717, 1.165) is 25.8 Å². The number of fused-ring (bicyclic) bond motifs is 1. The predicted molar refractivity (Wildman–Crippen MR) is 75.7 cm³/mol. The smallest absolute Gasteiger partial charge is 0.0822 e. The molecule has 0 saturated heterocycles. The molecule has 3 rings (SSSR count). The molecule has 1 aliphatic heterocycles. The molecule has 0 spiro atoms. The summed E-state index contributed by atoms with van der Waals surface area (Å²) in [6.45, 7) is 2.91. The van der Waals surface area contributed by atoms with Crippen molar-refractivity contribution in [3.8, 4) is 0 Å². The van der Waals surface area contributed by atoms with Gasteiger partial charge in [-0.15, -0.1) is 0 Å². The number of nitrogens with zero attached hydrogens (tertiary/aromatic N) is 1. The molecule has 1 saturated carbocycles. The molecule has 2 nitrogen and oxygen atoms in total. The Morgan fingerprint density at radius 1 is 1.28 bits per heavy atom. The summed E-state index contributed by atoms with van der Waals surface area (Å²) in [7, 11) is 0. The summed E-state index contributed by atoms with van der Waals surface area (Å²) in [5.41, 5.74) is 1.98. The molecule has 1 N–H and O–H groups in total. The van der Waals surface area contributed by atoms with Crippen LogP contribution in [0.2, 0.25) is 0 Å². The van der Waals surface area contributed by atoms with E-state index >= 15 is 0 Å². The van der Waals surface area contributed by atoms with Gasteiger partial charge in [0.2, 0.25) is 0 Å². The van der Waals surface area contributed by atoms with Crippen LogP contribution < -0.4 is 4.90 Å². The monoisotopic (exact) mass is 243 g/mol. The molecule has 1 heterocycles. The highest BCUT2D eigenvalue weighted by atomic mass is 16.3. The number of benzene rings is 1. The summed E-state index contributed by atoms with van der Waals surface area (Å²) in [5.74, 6) is 0.